The van der Waals surface area contributed by atoms with Crippen LogP contribution in [0.5, 0.6) is 0 Å². The molecule has 2 aromatic carbocycles. The second-order valence-corrected chi connectivity index (χ2v) is 5.11. The van der Waals surface area contributed by atoms with Gasteiger partial charge in [-0.2, -0.15) is 0 Å². The number of Topliss-reactive ketones (excluding diaryl/α,β-unsaturated/α-hetero) is 2. The molecule has 2 nitrogen and oxygen atoms in total. The minimum Gasteiger partial charge on any atom is -0.294 e. The molecule has 3 rings (SSSR count). The molecule has 1 aliphatic rings. The quantitative estimate of drug-likeness (QED) is 0.719. The van der Waals surface area contributed by atoms with Crippen LogP contribution in [-0.2, 0) is 12.8 Å². The van der Waals surface area contributed by atoms with Gasteiger partial charge in [0.1, 0.15) is 0 Å². The molecule has 0 aromatic heterocycles. The molecule has 0 N–H and O–H groups in total. The van der Waals surface area contributed by atoms with Crippen LogP contribution in [0.4, 0.5) is 0 Å². The van der Waals surface area contributed by atoms with Crippen LogP contribution in [0.1, 0.15) is 37.4 Å². The molecule has 0 saturated carbocycles. The number of hydrogen-bond donors (Lipinski definition) is 0. The summed E-state index contributed by atoms with van der Waals surface area (Å²) in [6, 6.07) is 13.2. The Morgan fingerprint density at radius 1 is 0.789 bits per heavy atom. The van der Waals surface area contributed by atoms with Gasteiger partial charge in [-0.3, -0.25) is 9.59 Å². The fraction of sp³-hybridized carbons (Fsp3) is 0.176. The SMILES string of the molecule is Cc1cc2cc(c1)C(=O)Cc1cccc(c1)CC2=O. The van der Waals surface area contributed by atoms with Crippen molar-refractivity contribution in [3.63, 3.8) is 0 Å². The van der Waals surface area contributed by atoms with Gasteiger partial charge >= 0.3 is 0 Å². The van der Waals surface area contributed by atoms with Crippen molar-refractivity contribution >= 4 is 11.6 Å². The number of ketones is 2. The summed E-state index contributed by atoms with van der Waals surface area (Å²) >= 11 is 0. The molecule has 2 aromatic rings. The molecule has 0 radical (unpaired) electrons. The number of aryl methyl sites for hydroxylation is 1. The standard InChI is InChI=1S/C17H14O2/c1-11-5-14-10-15(6-11)17(19)9-13-4-2-3-12(7-13)8-16(14)18/h2-7,10H,8-9H2,1H3. The Balaban J connectivity index is 2.17. The Kier molecular flexibility index (Phi) is 2.79. The molecular weight excluding hydrogens is 236 g/mol. The molecule has 19 heavy (non-hydrogen) atoms. The lowest BCUT2D eigenvalue weighted by Crippen LogP contribution is -2.11. The second-order valence-electron chi connectivity index (χ2n) is 5.11. The molecule has 0 unspecified atom stereocenters. The fourth-order valence-electron chi connectivity index (χ4n) is 2.53. The largest absolute Gasteiger partial charge is 0.294 e. The highest BCUT2D eigenvalue weighted by atomic mass is 16.1. The molecule has 0 spiro atoms. The number of benzene rings is 2. The van der Waals surface area contributed by atoms with Gasteiger partial charge in [-0.25, -0.2) is 0 Å². The van der Waals surface area contributed by atoms with Gasteiger partial charge in [-0.05, 0) is 41.8 Å². The topological polar surface area (TPSA) is 34.1 Å². The van der Waals surface area contributed by atoms with E-state index in [1.165, 1.54) is 0 Å². The van der Waals surface area contributed by atoms with E-state index in [0.717, 1.165) is 16.7 Å². The van der Waals surface area contributed by atoms with Gasteiger partial charge in [-0.15, -0.1) is 0 Å². The van der Waals surface area contributed by atoms with Crippen molar-refractivity contribution in [3.8, 4) is 0 Å². The number of carbonyl (C=O) groups is 2. The van der Waals surface area contributed by atoms with Crippen molar-refractivity contribution in [2.75, 3.05) is 0 Å². The van der Waals surface area contributed by atoms with E-state index in [4.69, 9.17) is 0 Å². The molecule has 1 aliphatic carbocycles. The first-order chi connectivity index (χ1) is 9.11. The van der Waals surface area contributed by atoms with E-state index in [1.807, 2.05) is 43.3 Å². The van der Waals surface area contributed by atoms with E-state index < -0.39 is 0 Å². The number of rotatable bonds is 0. The number of carbonyl (C=O) groups excluding carboxylic acids is 2. The molecule has 2 heteroatoms. The van der Waals surface area contributed by atoms with Gasteiger partial charge in [0.25, 0.3) is 0 Å². The molecule has 0 heterocycles. The predicted octanol–water partition coefficient (Wildman–Crippen LogP) is 3.16. The highest BCUT2D eigenvalue weighted by Crippen LogP contribution is 2.18. The van der Waals surface area contributed by atoms with Crippen molar-refractivity contribution in [2.45, 2.75) is 19.8 Å². The zero-order chi connectivity index (χ0) is 13.4. The smallest absolute Gasteiger partial charge is 0.167 e. The van der Waals surface area contributed by atoms with Gasteiger partial charge in [-0.1, -0.05) is 24.3 Å². The summed E-state index contributed by atoms with van der Waals surface area (Å²) in [5.41, 5.74) is 4.17. The highest BCUT2D eigenvalue weighted by Gasteiger charge is 2.15. The normalized spacial score (nSPS) is 14.4. The number of hydrogen-bond acceptors (Lipinski definition) is 2. The lowest BCUT2D eigenvalue weighted by molar-refractivity contribution is 0.0992. The van der Waals surface area contributed by atoms with E-state index in [9.17, 15) is 9.59 Å². The average Bonchev–Trinajstić information content (AvgIpc) is 2.37. The third-order valence-corrected chi connectivity index (χ3v) is 3.44. The molecule has 0 aliphatic heterocycles. The molecular formula is C17H14O2. The van der Waals surface area contributed by atoms with Gasteiger partial charge in [0.05, 0.1) is 0 Å². The fourth-order valence-corrected chi connectivity index (χ4v) is 2.53. The Labute approximate surface area is 112 Å². The van der Waals surface area contributed by atoms with Crippen LogP contribution < -0.4 is 0 Å². The summed E-state index contributed by atoms with van der Waals surface area (Å²) in [6.07, 6.45) is 0.788. The van der Waals surface area contributed by atoms with E-state index in [-0.39, 0.29) is 11.6 Å². The van der Waals surface area contributed by atoms with E-state index >= 15 is 0 Å². The minimum absolute atomic E-state index is 0.0665. The highest BCUT2D eigenvalue weighted by molar-refractivity contribution is 6.03. The van der Waals surface area contributed by atoms with Crippen molar-refractivity contribution in [2.24, 2.45) is 0 Å². The third kappa shape index (κ3) is 2.34. The first-order valence-electron chi connectivity index (χ1n) is 6.38. The zero-order valence-corrected chi connectivity index (χ0v) is 10.8. The first kappa shape index (κ1) is 11.8. The summed E-state index contributed by atoms with van der Waals surface area (Å²) in [5, 5.41) is 0. The molecule has 0 saturated heterocycles. The minimum atomic E-state index is 0.0665. The van der Waals surface area contributed by atoms with Crippen LogP contribution in [0.3, 0.4) is 0 Å². The molecule has 0 fully saturated rings. The first-order valence-corrected chi connectivity index (χ1v) is 6.38. The van der Waals surface area contributed by atoms with Crippen molar-refractivity contribution < 1.29 is 9.59 Å². The van der Waals surface area contributed by atoms with E-state index in [1.54, 1.807) is 6.07 Å². The summed E-state index contributed by atoms with van der Waals surface area (Å²) in [4.78, 5) is 24.5. The van der Waals surface area contributed by atoms with E-state index in [2.05, 4.69) is 0 Å². The van der Waals surface area contributed by atoms with Crippen LogP contribution in [0.15, 0.2) is 42.5 Å². The molecule has 4 bridgehead atoms. The summed E-state index contributed by atoms with van der Waals surface area (Å²) in [7, 11) is 0. The molecule has 0 atom stereocenters. The Morgan fingerprint density at radius 3 is 1.84 bits per heavy atom. The summed E-state index contributed by atoms with van der Waals surface area (Å²) in [6.45, 7) is 1.92. The monoisotopic (exact) mass is 250 g/mol. The van der Waals surface area contributed by atoms with E-state index in [0.29, 0.717) is 24.0 Å². The summed E-state index contributed by atoms with van der Waals surface area (Å²) in [5.74, 6) is 0.133. The van der Waals surface area contributed by atoms with Crippen molar-refractivity contribution in [1.29, 1.82) is 0 Å². The maximum absolute atomic E-state index is 12.2. The zero-order valence-electron chi connectivity index (χ0n) is 10.8. The van der Waals surface area contributed by atoms with Crippen molar-refractivity contribution in [1.82, 2.24) is 0 Å². The van der Waals surface area contributed by atoms with Crippen LogP contribution in [-0.4, -0.2) is 11.6 Å². The second kappa shape index (κ2) is 4.47. The third-order valence-electron chi connectivity index (χ3n) is 3.44. The average molecular weight is 250 g/mol. The number of fused-ring (bicyclic) bond motifs is 4. The Morgan fingerprint density at radius 2 is 1.32 bits per heavy atom. The van der Waals surface area contributed by atoms with Crippen molar-refractivity contribution in [3.05, 3.63) is 70.3 Å². The van der Waals surface area contributed by atoms with Gasteiger partial charge < -0.3 is 0 Å². The van der Waals surface area contributed by atoms with Crippen LogP contribution >= 0.6 is 0 Å². The predicted molar refractivity (Wildman–Crippen MR) is 73.7 cm³/mol. The van der Waals surface area contributed by atoms with Gasteiger partial charge in [0.15, 0.2) is 11.6 Å². The lowest BCUT2D eigenvalue weighted by Gasteiger charge is -2.11. The maximum atomic E-state index is 12.2. The van der Waals surface area contributed by atoms with Crippen LogP contribution in [0.25, 0.3) is 0 Å². The summed E-state index contributed by atoms with van der Waals surface area (Å²) < 4.78 is 0. The van der Waals surface area contributed by atoms with Gasteiger partial charge in [0.2, 0.25) is 0 Å². The molecule has 0 amide bonds. The lowest BCUT2D eigenvalue weighted by atomic mass is 9.92. The Hall–Kier alpha value is -2.22. The van der Waals surface area contributed by atoms with Gasteiger partial charge in [0, 0.05) is 24.0 Å². The van der Waals surface area contributed by atoms with Crippen LogP contribution in [0.2, 0.25) is 0 Å². The maximum Gasteiger partial charge on any atom is 0.167 e. The van der Waals surface area contributed by atoms with Crippen LogP contribution in [0, 0.1) is 6.92 Å². The Bertz CT molecular complexity index is 632. The molecule has 94 valence electrons.